The Bertz CT molecular complexity index is 1150. The molecule has 438 valence electrons. The summed E-state index contributed by atoms with van der Waals surface area (Å²) < 4.78 is 5.51. The number of hydrogen-bond donors (Lipinski definition) is 3. The van der Waals surface area contributed by atoms with Crippen molar-refractivity contribution in [2.45, 2.75) is 386 Å². The fraction of sp³-hybridized carbons (Fsp3) is 0.912. The highest BCUT2D eigenvalue weighted by molar-refractivity contribution is 5.76. The van der Waals surface area contributed by atoms with E-state index in [1.807, 2.05) is 6.08 Å². The van der Waals surface area contributed by atoms with E-state index in [9.17, 15) is 19.8 Å². The molecule has 0 saturated heterocycles. The van der Waals surface area contributed by atoms with Crippen molar-refractivity contribution < 1.29 is 24.5 Å². The van der Waals surface area contributed by atoms with E-state index in [4.69, 9.17) is 4.74 Å². The molecule has 0 bridgehead atoms. The Labute approximate surface area is 462 Å². The van der Waals surface area contributed by atoms with Crippen LogP contribution in [-0.4, -0.2) is 47.4 Å². The molecule has 6 heteroatoms. The van der Waals surface area contributed by atoms with Crippen molar-refractivity contribution in [3.8, 4) is 0 Å². The van der Waals surface area contributed by atoms with E-state index in [0.29, 0.717) is 19.4 Å². The predicted octanol–water partition coefficient (Wildman–Crippen LogP) is 21.4. The van der Waals surface area contributed by atoms with Crippen molar-refractivity contribution in [1.82, 2.24) is 5.32 Å². The van der Waals surface area contributed by atoms with Gasteiger partial charge in [-0.1, -0.05) is 327 Å². The minimum atomic E-state index is -0.842. The van der Waals surface area contributed by atoms with Crippen LogP contribution in [-0.2, 0) is 14.3 Å². The molecule has 0 aromatic carbocycles. The fourth-order valence-electron chi connectivity index (χ4n) is 10.6. The largest absolute Gasteiger partial charge is 0.466 e. The summed E-state index contributed by atoms with van der Waals surface area (Å²) in [6.07, 6.45) is 79.7. The van der Waals surface area contributed by atoms with Gasteiger partial charge < -0.3 is 20.3 Å². The molecule has 0 aliphatic rings. The van der Waals surface area contributed by atoms with Gasteiger partial charge in [-0.25, -0.2) is 0 Å². The standard InChI is InChI=1S/C68H131NO5/c1-3-5-7-9-11-13-15-16-17-18-29-33-36-39-42-46-50-54-58-62-68(73)74-63-59-55-51-47-43-40-37-34-31-28-26-24-22-20-19-21-23-25-27-30-32-35-38-41-45-49-53-57-61-67(72)69-65(64-70)66(71)60-56-52-48-44-14-12-10-8-6-4-2/h19-20,56,60,65-66,70-71H,3-18,21-55,57-59,61-64H2,1-2H3,(H,69,72)/b20-19-,60-56+. The second kappa shape index (κ2) is 63.9. The summed E-state index contributed by atoms with van der Waals surface area (Å²) in [6.45, 7) is 4.91. The van der Waals surface area contributed by atoms with E-state index < -0.39 is 12.1 Å². The highest BCUT2D eigenvalue weighted by atomic mass is 16.5. The number of ether oxygens (including phenoxy) is 1. The maximum absolute atomic E-state index is 12.4. The van der Waals surface area contributed by atoms with E-state index in [2.05, 4.69) is 31.3 Å². The molecule has 2 unspecified atom stereocenters. The lowest BCUT2D eigenvalue weighted by atomic mass is 10.0. The third kappa shape index (κ3) is 59.6. The molecule has 0 aliphatic carbocycles. The number of amides is 1. The van der Waals surface area contributed by atoms with Crippen LogP contribution in [0.25, 0.3) is 0 Å². The Hall–Kier alpha value is -1.66. The van der Waals surface area contributed by atoms with Crippen LogP contribution in [0.1, 0.15) is 373 Å². The summed E-state index contributed by atoms with van der Waals surface area (Å²) >= 11 is 0. The van der Waals surface area contributed by atoms with Crippen LogP contribution in [0.15, 0.2) is 24.3 Å². The quantitative estimate of drug-likeness (QED) is 0.0320. The number of unbranched alkanes of at least 4 members (excludes halogenated alkanes) is 50. The van der Waals surface area contributed by atoms with Gasteiger partial charge in [0.2, 0.25) is 5.91 Å². The van der Waals surface area contributed by atoms with Crippen LogP contribution < -0.4 is 5.32 Å². The molecule has 3 N–H and O–H groups in total. The fourth-order valence-corrected chi connectivity index (χ4v) is 10.6. The highest BCUT2D eigenvalue weighted by Gasteiger charge is 2.18. The van der Waals surface area contributed by atoms with Gasteiger partial charge in [0.1, 0.15) is 0 Å². The predicted molar refractivity (Wildman–Crippen MR) is 324 cm³/mol. The number of aliphatic hydroxyl groups excluding tert-OH is 2. The average molecular weight is 1040 g/mol. The Balaban J connectivity index is 3.34. The van der Waals surface area contributed by atoms with Crippen LogP contribution >= 0.6 is 0 Å². The zero-order chi connectivity index (χ0) is 53.6. The summed E-state index contributed by atoms with van der Waals surface area (Å²) in [7, 11) is 0. The van der Waals surface area contributed by atoms with Crippen LogP contribution in [0.3, 0.4) is 0 Å². The Morgan fingerprint density at radius 2 is 0.635 bits per heavy atom. The Morgan fingerprint density at radius 1 is 0.365 bits per heavy atom. The van der Waals surface area contributed by atoms with Crippen molar-refractivity contribution in [1.29, 1.82) is 0 Å². The third-order valence-corrected chi connectivity index (χ3v) is 15.7. The molecule has 0 aromatic rings. The molecule has 6 nitrogen and oxygen atoms in total. The topological polar surface area (TPSA) is 95.9 Å². The van der Waals surface area contributed by atoms with Crippen LogP contribution in [0.2, 0.25) is 0 Å². The highest BCUT2D eigenvalue weighted by Crippen LogP contribution is 2.18. The first-order valence-electron chi connectivity index (χ1n) is 33.6. The van der Waals surface area contributed by atoms with Crippen molar-refractivity contribution in [2.24, 2.45) is 0 Å². The molecule has 0 spiro atoms. The summed E-state index contributed by atoms with van der Waals surface area (Å²) in [5, 5.41) is 23.0. The van der Waals surface area contributed by atoms with E-state index in [1.54, 1.807) is 6.08 Å². The summed E-state index contributed by atoms with van der Waals surface area (Å²) in [6, 6.07) is -0.626. The molecule has 0 rings (SSSR count). The van der Waals surface area contributed by atoms with Crippen LogP contribution in [0, 0.1) is 0 Å². The lowest BCUT2D eigenvalue weighted by Gasteiger charge is -2.20. The molecule has 0 heterocycles. The minimum Gasteiger partial charge on any atom is -0.466 e. The maximum Gasteiger partial charge on any atom is 0.305 e. The molecule has 0 aliphatic heterocycles. The first-order chi connectivity index (χ1) is 36.5. The maximum atomic E-state index is 12.4. The number of rotatable bonds is 63. The van der Waals surface area contributed by atoms with Gasteiger partial charge in [-0.3, -0.25) is 9.59 Å². The van der Waals surface area contributed by atoms with Crippen LogP contribution in [0.5, 0.6) is 0 Å². The van der Waals surface area contributed by atoms with Gasteiger partial charge in [-0.05, 0) is 57.8 Å². The zero-order valence-corrected chi connectivity index (χ0v) is 50.1. The zero-order valence-electron chi connectivity index (χ0n) is 50.1. The van der Waals surface area contributed by atoms with Crippen LogP contribution in [0.4, 0.5) is 0 Å². The van der Waals surface area contributed by atoms with Gasteiger partial charge in [-0.15, -0.1) is 0 Å². The van der Waals surface area contributed by atoms with Gasteiger partial charge in [0.05, 0.1) is 25.4 Å². The molecule has 0 fully saturated rings. The number of carbonyl (C=O) groups is 2. The molecule has 0 aromatic heterocycles. The summed E-state index contributed by atoms with van der Waals surface area (Å²) in [4.78, 5) is 24.5. The normalized spacial score (nSPS) is 12.6. The monoisotopic (exact) mass is 1040 g/mol. The second-order valence-corrected chi connectivity index (χ2v) is 23.2. The van der Waals surface area contributed by atoms with Crippen molar-refractivity contribution in [3.05, 3.63) is 24.3 Å². The number of esters is 1. The number of nitrogens with one attached hydrogen (secondary N) is 1. The second-order valence-electron chi connectivity index (χ2n) is 23.2. The molecular weight excluding hydrogens is 911 g/mol. The number of aliphatic hydroxyl groups is 2. The van der Waals surface area contributed by atoms with Gasteiger partial charge in [0.25, 0.3) is 0 Å². The molecule has 0 radical (unpaired) electrons. The molecule has 2 atom stereocenters. The summed E-state index contributed by atoms with van der Waals surface area (Å²) in [5.41, 5.74) is 0. The number of hydrogen-bond acceptors (Lipinski definition) is 5. The lowest BCUT2D eigenvalue weighted by Crippen LogP contribution is -2.45. The first-order valence-corrected chi connectivity index (χ1v) is 33.6. The lowest BCUT2D eigenvalue weighted by molar-refractivity contribution is -0.143. The van der Waals surface area contributed by atoms with E-state index in [1.165, 1.54) is 308 Å². The molecule has 1 amide bonds. The molecule has 74 heavy (non-hydrogen) atoms. The van der Waals surface area contributed by atoms with Crippen molar-refractivity contribution >= 4 is 11.9 Å². The van der Waals surface area contributed by atoms with Crippen molar-refractivity contribution in [2.75, 3.05) is 13.2 Å². The SMILES string of the molecule is CCCCCCCCCC/C=C/C(O)C(CO)NC(=O)CCCCCCCCCCCCCC/C=C\CCCCCCCCCCCCCCOC(=O)CCCCCCCCCCCCCCCCCCCCC. The minimum absolute atomic E-state index is 0.0207. The van der Waals surface area contributed by atoms with E-state index in [-0.39, 0.29) is 18.5 Å². The van der Waals surface area contributed by atoms with E-state index in [0.717, 1.165) is 38.5 Å². The van der Waals surface area contributed by atoms with Gasteiger partial charge in [0.15, 0.2) is 0 Å². The Kier molecular flexibility index (Phi) is 62.4. The smallest absolute Gasteiger partial charge is 0.305 e. The van der Waals surface area contributed by atoms with E-state index >= 15 is 0 Å². The molecule has 0 saturated carbocycles. The average Bonchev–Trinajstić information content (AvgIpc) is 3.40. The summed E-state index contributed by atoms with van der Waals surface area (Å²) in [5.74, 6) is -0.0479. The van der Waals surface area contributed by atoms with Gasteiger partial charge in [0, 0.05) is 12.8 Å². The van der Waals surface area contributed by atoms with Gasteiger partial charge in [-0.2, -0.15) is 0 Å². The third-order valence-electron chi connectivity index (χ3n) is 15.7. The van der Waals surface area contributed by atoms with Gasteiger partial charge >= 0.3 is 5.97 Å². The molecular formula is C68H131NO5. The van der Waals surface area contributed by atoms with Crippen molar-refractivity contribution in [3.63, 3.8) is 0 Å². The first kappa shape index (κ1) is 72.3. The number of allylic oxidation sites excluding steroid dienone is 3. The number of carbonyl (C=O) groups excluding carboxylic acids is 2. The Morgan fingerprint density at radius 3 is 0.959 bits per heavy atom.